The molecule has 82 valence electrons. The fourth-order valence-corrected chi connectivity index (χ4v) is 2.73. The molecule has 1 heteroatoms. The first-order valence-corrected chi connectivity index (χ1v) is 6.00. The van der Waals surface area contributed by atoms with Crippen LogP contribution in [0.5, 0.6) is 0 Å². The maximum Gasteiger partial charge on any atom is 0.0557 e. The van der Waals surface area contributed by atoms with Crippen LogP contribution in [0.1, 0.15) is 44.6 Å². The van der Waals surface area contributed by atoms with Crippen LogP contribution >= 0.6 is 0 Å². The van der Waals surface area contributed by atoms with Gasteiger partial charge in [-0.1, -0.05) is 50.1 Å². The Balaban J connectivity index is 2.13. The van der Waals surface area contributed by atoms with E-state index in [-0.39, 0.29) is 11.5 Å². The molecule has 2 rings (SSSR count). The fourth-order valence-electron chi connectivity index (χ4n) is 2.73. The summed E-state index contributed by atoms with van der Waals surface area (Å²) in [5, 5.41) is 9.54. The minimum Gasteiger partial charge on any atom is -0.393 e. The molecule has 1 aromatic carbocycles. The van der Waals surface area contributed by atoms with Gasteiger partial charge in [-0.2, -0.15) is 0 Å². The number of aliphatic hydroxyl groups excluding tert-OH is 1. The Morgan fingerprint density at radius 2 is 1.93 bits per heavy atom. The molecule has 1 fully saturated rings. The maximum atomic E-state index is 9.54. The van der Waals surface area contributed by atoms with Gasteiger partial charge < -0.3 is 5.11 Å². The lowest BCUT2D eigenvalue weighted by atomic mass is 9.60. The van der Waals surface area contributed by atoms with E-state index in [4.69, 9.17) is 0 Å². The molecule has 1 aliphatic rings. The number of hydrogen-bond donors (Lipinski definition) is 1. The molecule has 0 atom stereocenters. The Morgan fingerprint density at radius 3 is 2.47 bits per heavy atom. The Labute approximate surface area is 92.1 Å². The Bertz CT molecular complexity index is 298. The molecule has 0 bridgehead atoms. The van der Waals surface area contributed by atoms with Crippen LogP contribution in [0.15, 0.2) is 30.3 Å². The van der Waals surface area contributed by atoms with Crippen molar-refractivity contribution in [3.63, 3.8) is 0 Å². The molecule has 0 aromatic heterocycles. The van der Waals surface area contributed by atoms with Gasteiger partial charge in [0.1, 0.15) is 0 Å². The highest BCUT2D eigenvalue weighted by Crippen LogP contribution is 2.47. The van der Waals surface area contributed by atoms with Crippen LogP contribution in [0, 0.1) is 0 Å². The third-order valence-corrected chi connectivity index (χ3v) is 3.65. The van der Waals surface area contributed by atoms with Crippen LogP contribution < -0.4 is 0 Å². The zero-order chi connectivity index (χ0) is 10.7. The van der Waals surface area contributed by atoms with Gasteiger partial charge in [0.25, 0.3) is 0 Å². The maximum absolute atomic E-state index is 9.54. The predicted octanol–water partition coefficient (Wildman–Crippen LogP) is 3.27. The fraction of sp³-hybridized carbons (Fsp3) is 0.571. The van der Waals surface area contributed by atoms with Crippen molar-refractivity contribution in [3.8, 4) is 0 Å². The molecular formula is C14H20O. The van der Waals surface area contributed by atoms with Gasteiger partial charge in [0.05, 0.1) is 6.10 Å². The lowest BCUT2D eigenvalue weighted by Gasteiger charge is -2.46. The summed E-state index contributed by atoms with van der Waals surface area (Å²) < 4.78 is 0. The second-order valence-corrected chi connectivity index (χ2v) is 4.81. The van der Waals surface area contributed by atoms with Crippen molar-refractivity contribution in [1.82, 2.24) is 0 Å². The molecule has 15 heavy (non-hydrogen) atoms. The van der Waals surface area contributed by atoms with Gasteiger partial charge in [-0.15, -0.1) is 0 Å². The van der Waals surface area contributed by atoms with Gasteiger partial charge >= 0.3 is 0 Å². The Kier molecular flexibility index (Phi) is 3.11. The zero-order valence-electron chi connectivity index (χ0n) is 9.45. The molecule has 0 amide bonds. The predicted molar refractivity (Wildman–Crippen MR) is 62.9 cm³/mol. The van der Waals surface area contributed by atoms with Crippen molar-refractivity contribution in [2.75, 3.05) is 0 Å². The van der Waals surface area contributed by atoms with E-state index < -0.39 is 0 Å². The summed E-state index contributed by atoms with van der Waals surface area (Å²) in [4.78, 5) is 0. The number of rotatable bonds is 4. The minimum absolute atomic E-state index is 0.0675. The highest BCUT2D eigenvalue weighted by atomic mass is 16.3. The smallest absolute Gasteiger partial charge is 0.0557 e. The zero-order valence-corrected chi connectivity index (χ0v) is 9.45. The van der Waals surface area contributed by atoms with E-state index in [0.717, 1.165) is 12.8 Å². The first-order valence-electron chi connectivity index (χ1n) is 6.00. The van der Waals surface area contributed by atoms with Crippen molar-refractivity contribution >= 4 is 0 Å². The highest BCUT2D eigenvalue weighted by molar-refractivity contribution is 5.29. The quantitative estimate of drug-likeness (QED) is 0.798. The molecule has 1 N–H and O–H groups in total. The van der Waals surface area contributed by atoms with Crippen LogP contribution in [0.25, 0.3) is 0 Å². The summed E-state index contributed by atoms with van der Waals surface area (Å²) in [5.74, 6) is 0. The van der Waals surface area contributed by atoms with Crippen molar-refractivity contribution in [1.29, 1.82) is 0 Å². The van der Waals surface area contributed by atoms with Crippen molar-refractivity contribution in [2.45, 2.75) is 50.5 Å². The van der Waals surface area contributed by atoms with E-state index in [1.54, 1.807) is 0 Å². The van der Waals surface area contributed by atoms with Crippen LogP contribution in [0.4, 0.5) is 0 Å². The molecule has 0 radical (unpaired) electrons. The summed E-state index contributed by atoms with van der Waals surface area (Å²) in [7, 11) is 0. The molecular weight excluding hydrogens is 184 g/mol. The summed E-state index contributed by atoms with van der Waals surface area (Å²) in [6.45, 7) is 2.23. The monoisotopic (exact) mass is 204 g/mol. The highest BCUT2D eigenvalue weighted by Gasteiger charge is 2.43. The topological polar surface area (TPSA) is 20.2 Å². The molecule has 0 spiro atoms. The summed E-state index contributed by atoms with van der Waals surface area (Å²) in [6, 6.07) is 10.7. The molecule has 1 saturated carbocycles. The molecule has 0 heterocycles. The number of hydrogen-bond acceptors (Lipinski definition) is 1. The van der Waals surface area contributed by atoms with Crippen molar-refractivity contribution in [2.24, 2.45) is 0 Å². The third-order valence-electron chi connectivity index (χ3n) is 3.65. The lowest BCUT2D eigenvalue weighted by molar-refractivity contribution is 0.0121. The van der Waals surface area contributed by atoms with E-state index in [1.165, 1.54) is 24.8 Å². The van der Waals surface area contributed by atoms with Crippen LogP contribution in [0.2, 0.25) is 0 Å². The van der Waals surface area contributed by atoms with Crippen molar-refractivity contribution < 1.29 is 5.11 Å². The van der Waals surface area contributed by atoms with Gasteiger partial charge in [0.15, 0.2) is 0 Å². The molecule has 1 nitrogen and oxygen atoms in total. The number of benzene rings is 1. The molecule has 0 unspecified atom stereocenters. The normalized spacial score (nSPS) is 29.9. The Morgan fingerprint density at radius 1 is 1.27 bits per heavy atom. The minimum atomic E-state index is -0.0675. The average Bonchev–Trinajstić information content (AvgIpc) is 2.24. The third kappa shape index (κ3) is 2.07. The van der Waals surface area contributed by atoms with Gasteiger partial charge in [-0.3, -0.25) is 0 Å². The van der Waals surface area contributed by atoms with Gasteiger partial charge in [-0.05, 0) is 24.8 Å². The molecule has 1 aliphatic carbocycles. The van der Waals surface area contributed by atoms with Crippen LogP contribution in [-0.2, 0) is 5.41 Å². The van der Waals surface area contributed by atoms with Crippen LogP contribution in [0.3, 0.4) is 0 Å². The van der Waals surface area contributed by atoms with E-state index in [9.17, 15) is 5.11 Å². The summed E-state index contributed by atoms with van der Waals surface area (Å²) in [5.41, 5.74) is 1.71. The second-order valence-electron chi connectivity index (χ2n) is 4.81. The summed E-state index contributed by atoms with van der Waals surface area (Å²) in [6.07, 6.45) is 5.58. The number of aliphatic hydroxyl groups is 1. The van der Waals surface area contributed by atoms with Gasteiger partial charge in [-0.25, -0.2) is 0 Å². The number of unbranched alkanes of at least 4 members (excludes halogenated alkanes) is 1. The largest absolute Gasteiger partial charge is 0.393 e. The first-order chi connectivity index (χ1) is 7.27. The first kappa shape index (κ1) is 10.7. The average molecular weight is 204 g/mol. The molecule has 0 saturated heterocycles. The van der Waals surface area contributed by atoms with Crippen LogP contribution in [-0.4, -0.2) is 11.2 Å². The second kappa shape index (κ2) is 4.36. The van der Waals surface area contributed by atoms with E-state index in [0.29, 0.717) is 0 Å². The summed E-state index contributed by atoms with van der Waals surface area (Å²) >= 11 is 0. The SMILES string of the molecule is CCCCC1(c2ccccc2)CC(O)C1. The van der Waals surface area contributed by atoms with Gasteiger partial charge in [0.2, 0.25) is 0 Å². The standard InChI is InChI=1S/C14H20O/c1-2-3-9-14(10-13(15)11-14)12-7-5-4-6-8-12/h4-8,13,15H,2-3,9-11H2,1H3. The van der Waals surface area contributed by atoms with E-state index in [2.05, 4.69) is 37.3 Å². The van der Waals surface area contributed by atoms with Gasteiger partial charge in [0, 0.05) is 5.41 Å². The van der Waals surface area contributed by atoms with Crippen molar-refractivity contribution in [3.05, 3.63) is 35.9 Å². The van der Waals surface area contributed by atoms with E-state index in [1.807, 2.05) is 0 Å². The molecule has 1 aromatic rings. The molecule has 0 aliphatic heterocycles. The van der Waals surface area contributed by atoms with E-state index >= 15 is 0 Å². The lowest BCUT2D eigenvalue weighted by Crippen LogP contribution is -2.44. The Hall–Kier alpha value is -0.820.